The van der Waals surface area contributed by atoms with Gasteiger partial charge in [-0.05, 0) is 6.42 Å². The maximum Gasteiger partial charge on any atom is 0.200 e. The monoisotopic (exact) mass is 160 g/mol. The summed E-state index contributed by atoms with van der Waals surface area (Å²) in [5.41, 5.74) is -0.506. The molecular weight excluding hydrogens is 144 g/mol. The van der Waals surface area contributed by atoms with Crippen LogP contribution in [0.25, 0.3) is 0 Å². The zero-order valence-electron chi connectivity index (χ0n) is 7.63. The first-order valence-electron chi connectivity index (χ1n) is 3.78. The van der Waals surface area contributed by atoms with Crippen LogP contribution >= 0.6 is 0 Å². The second kappa shape index (κ2) is 4.16. The molecule has 4 heteroatoms. The van der Waals surface area contributed by atoms with Crippen LogP contribution in [0.5, 0.6) is 0 Å². The molecule has 0 aromatic rings. The number of nitrogens with zero attached hydrogens (tertiary/aromatic N) is 2. The van der Waals surface area contributed by atoms with Gasteiger partial charge in [0.2, 0.25) is 0 Å². The first kappa shape index (κ1) is 10.2. The summed E-state index contributed by atoms with van der Waals surface area (Å²) >= 11 is 0. The second-order valence-corrected chi connectivity index (χ2v) is 3.36. The molecule has 0 fully saturated rings. The van der Waals surface area contributed by atoms with Gasteiger partial charge >= 0.3 is 0 Å². The van der Waals surface area contributed by atoms with Crippen LogP contribution in [-0.2, 0) is 4.84 Å². The first-order valence-corrected chi connectivity index (χ1v) is 3.78. The lowest BCUT2D eigenvalue weighted by molar-refractivity contribution is -0.622. The van der Waals surface area contributed by atoms with Crippen LogP contribution in [0.3, 0.4) is 0 Å². The SMILES string of the molecule is CCCO/N=[N+](\[O-])C(C)(C)C. The molecule has 0 aromatic heterocycles. The summed E-state index contributed by atoms with van der Waals surface area (Å²) in [7, 11) is 0. The van der Waals surface area contributed by atoms with Crippen molar-refractivity contribution in [1.82, 2.24) is 0 Å². The summed E-state index contributed by atoms with van der Waals surface area (Å²) in [6, 6.07) is 0. The van der Waals surface area contributed by atoms with Gasteiger partial charge in [-0.25, -0.2) is 0 Å². The summed E-state index contributed by atoms with van der Waals surface area (Å²) in [6.07, 6.45) is 0.863. The van der Waals surface area contributed by atoms with Crippen molar-refractivity contribution in [1.29, 1.82) is 0 Å². The fourth-order valence-corrected chi connectivity index (χ4v) is 0.307. The minimum absolute atomic E-state index is 0.495. The van der Waals surface area contributed by atoms with Gasteiger partial charge in [0.1, 0.15) is 6.61 Å². The molecule has 0 atom stereocenters. The van der Waals surface area contributed by atoms with E-state index in [1.165, 1.54) is 0 Å². The Hall–Kier alpha value is -0.800. The lowest BCUT2D eigenvalue weighted by atomic mass is 10.1. The van der Waals surface area contributed by atoms with Crippen molar-refractivity contribution in [2.24, 2.45) is 5.28 Å². The highest BCUT2D eigenvalue weighted by Gasteiger charge is 2.21. The van der Waals surface area contributed by atoms with E-state index in [9.17, 15) is 5.21 Å². The molecule has 0 bridgehead atoms. The molecule has 0 aliphatic heterocycles. The molecule has 66 valence electrons. The van der Waals surface area contributed by atoms with Gasteiger partial charge in [-0.2, -0.15) is 0 Å². The largest absolute Gasteiger partial charge is 0.597 e. The maximum atomic E-state index is 11.0. The molecule has 0 rings (SSSR count). The van der Waals surface area contributed by atoms with Crippen molar-refractivity contribution in [3.63, 3.8) is 0 Å². The Kier molecular flexibility index (Phi) is 3.85. The minimum Gasteiger partial charge on any atom is -0.597 e. The lowest BCUT2D eigenvalue weighted by Crippen LogP contribution is -2.27. The zero-order valence-corrected chi connectivity index (χ0v) is 7.63. The predicted octanol–water partition coefficient (Wildman–Crippen LogP) is 2.09. The maximum absolute atomic E-state index is 11.0. The molecule has 0 spiro atoms. The van der Waals surface area contributed by atoms with E-state index in [0.29, 0.717) is 11.5 Å². The highest BCUT2D eigenvalue weighted by Crippen LogP contribution is 2.05. The van der Waals surface area contributed by atoms with E-state index in [1.54, 1.807) is 20.8 Å². The minimum atomic E-state index is -0.506. The van der Waals surface area contributed by atoms with Crippen molar-refractivity contribution < 1.29 is 9.70 Å². The standard InChI is InChI=1S/C7H16N2O2/c1-5-6-11-8-9(10)7(2,3)4/h5-6H2,1-4H3/b9-8-. The molecule has 0 N–H and O–H groups in total. The van der Waals surface area contributed by atoms with Gasteiger partial charge in [-0.1, -0.05) is 11.8 Å². The molecule has 0 unspecified atom stereocenters. The zero-order chi connectivity index (χ0) is 8.91. The van der Waals surface area contributed by atoms with Crippen LogP contribution in [0, 0.1) is 5.21 Å². The van der Waals surface area contributed by atoms with Gasteiger partial charge in [0.15, 0.2) is 10.8 Å². The molecule has 11 heavy (non-hydrogen) atoms. The number of hydrogen-bond acceptors (Lipinski definition) is 3. The highest BCUT2D eigenvalue weighted by atomic mass is 16.7. The van der Waals surface area contributed by atoms with Crippen LogP contribution < -0.4 is 0 Å². The Bertz CT molecular complexity index is 138. The van der Waals surface area contributed by atoms with Crippen LogP contribution in [-0.4, -0.2) is 17.0 Å². The second-order valence-electron chi connectivity index (χ2n) is 3.36. The lowest BCUT2D eigenvalue weighted by Gasteiger charge is -2.13. The summed E-state index contributed by atoms with van der Waals surface area (Å²) < 4.78 is 0. The van der Waals surface area contributed by atoms with Crippen molar-refractivity contribution in [2.75, 3.05) is 6.61 Å². The topological polar surface area (TPSA) is 47.7 Å². The molecule has 4 nitrogen and oxygen atoms in total. The summed E-state index contributed by atoms with van der Waals surface area (Å²) in [5, 5.41) is 14.3. The average Bonchev–Trinajstić information content (AvgIpc) is 1.86. The number of rotatable bonds is 3. The van der Waals surface area contributed by atoms with E-state index in [-0.39, 0.29) is 0 Å². The van der Waals surface area contributed by atoms with E-state index in [2.05, 4.69) is 5.28 Å². The molecular formula is C7H16N2O2. The number of hydrogen-bond donors (Lipinski definition) is 0. The van der Waals surface area contributed by atoms with E-state index in [4.69, 9.17) is 4.84 Å². The van der Waals surface area contributed by atoms with Gasteiger partial charge < -0.3 is 10.0 Å². The Morgan fingerprint density at radius 2 is 2.00 bits per heavy atom. The van der Waals surface area contributed by atoms with E-state index >= 15 is 0 Å². The van der Waals surface area contributed by atoms with Crippen LogP contribution in [0.2, 0.25) is 0 Å². The Morgan fingerprint density at radius 1 is 1.45 bits per heavy atom. The van der Waals surface area contributed by atoms with E-state index < -0.39 is 5.54 Å². The third kappa shape index (κ3) is 4.58. The summed E-state index contributed by atoms with van der Waals surface area (Å²) in [6.45, 7) is 7.78. The fourth-order valence-electron chi connectivity index (χ4n) is 0.307. The Morgan fingerprint density at radius 3 is 2.36 bits per heavy atom. The summed E-state index contributed by atoms with van der Waals surface area (Å²) in [4.78, 5) is 5.28. The molecule has 0 radical (unpaired) electrons. The Labute approximate surface area is 67.4 Å². The third-order valence-electron chi connectivity index (χ3n) is 1.00. The average molecular weight is 160 g/mol. The van der Waals surface area contributed by atoms with Crippen molar-refractivity contribution in [3.05, 3.63) is 5.21 Å². The first-order chi connectivity index (χ1) is 4.98. The molecule has 0 saturated heterocycles. The molecule has 0 aliphatic carbocycles. The van der Waals surface area contributed by atoms with Crippen molar-refractivity contribution in [3.8, 4) is 0 Å². The van der Waals surface area contributed by atoms with Crippen molar-refractivity contribution in [2.45, 2.75) is 39.7 Å². The van der Waals surface area contributed by atoms with E-state index in [1.807, 2.05) is 6.92 Å². The summed E-state index contributed by atoms with van der Waals surface area (Å²) in [5.74, 6) is 0. The molecule has 0 heterocycles. The van der Waals surface area contributed by atoms with Crippen LogP contribution in [0.1, 0.15) is 34.1 Å². The van der Waals surface area contributed by atoms with E-state index in [0.717, 1.165) is 6.42 Å². The molecule has 0 aliphatic rings. The highest BCUT2D eigenvalue weighted by molar-refractivity contribution is 4.53. The van der Waals surface area contributed by atoms with Gasteiger partial charge in [0.05, 0.1) is 0 Å². The number of hydroxylamine groups is 1. The molecule has 0 saturated carbocycles. The normalized spacial score (nSPS) is 13.3. The van der Waals surface area contributed by atoms with Crippen LogP contribution in [0.4, 0.5) is 0 Å². The predicted molar refractivity (Wildman–Crippen MR) is 42.1 cm³/mol. The van der Waals surface area contributed by atoms with Crippen LogP contribution in [0.15, 0.2) is 5.28 Å². The quantitative estimate of drug-likeness (QED) is 0.274. The Balaban J connectivity index is 3.81. The fraction of sp³-hybridized carbons (Fsp3) is 1.00. The molecule has 0 aromatic carbocycles. The van der Waals surface area contributed by atoms with Gasteiger partial charge in [-0.15, -0.1) is 0 Å². The smallest absolute Gasteiger partial charge is 0.200 e. The van der Waals surface area contributed by atoms with Gasteiger partial charge in [0, 0.05) is 20.8 Å². The van der Waals surface area contributed by atoms with Gasteiger partial charge in [0.25, 0.3) is 0 Å². The van der Waals surface area contributed by atoms with Gasteiger partial charge in [-0.3, -0.25) is 0 Å². The van der Waals surface area contributed by atoms with Crippen molar-refractivity contribution >= 4 is 0 Å². The third-order valence-corrected chi connectivity index (χ3v) is 1.00. The molecule has 0 amide bonds.